The molecule has 2 atom stereocenters. The van der Waals surface area contributed by atoms with Crippen LogP contribution in [0.25, 0.3) is 0 Å². The Hall–Kier alpha value is -0.850. The minimum absolute atomic E-state index is 0.0455. The van der Waals surface area contributed by atoms with Crippen molar-refractivity contribution in [1.29, 1.82) is 0 Å². The molecule has 0 bridgehead atoms. The van der Waals surface area contributed by atoms with E-state index in [9.17, 15) is 18.3 Å². The first-order valence-corrected chi connectivity index (χ1v) is 6.08. The van der Waals surface area contributed by atoms with E-state index >= 15 is 0 Å². The summed E-state index contributed by atoms with van der Waals surface area (Å²) in [6.45, 7) is 1.83. The summed E-state index contributed by atoms with van der Waals surface area (Å²) >= 11 is 5.68. The Labute approximate surface area is 114 Å². The average molecular weight is 298 g/mol. The van der Waals surface area contributed by atoms with Crippen molar-refractivity contribution in [2.45, 2.75) is 38.1 Å². The van der Waals surface area contributed by atoms with E-state index in [2.05, 4.69) is 4.98 Å². The Morgan fingerprint density at radius 3 is 2.47 bits per heavy atom. The van der Waals surface area contributed by atoms with E-state index in [4.69, 9.17) is 16.3 Å². The van der Waals surface area contributed by atoms with Crippen molar-refractivity contribution in [3.8, 4) is 0 Å². The Kier molecular flexibility index (Phi) is 5.58. The number of hydrogen-bond donors (Lipinski definition) is 1. The second kappa shape index (κ2) is 6.54. The normalized spacial score (nSPS) is 15.3. The summed E-state index contributed by atoms with van der Waals surface area (Å²) in [5.74, 6) is 0. The molecule has 1 heterocycles. The SMILES string of the molecule is COC(C)CCC(O)c1ccc(C(F)(F)F)nc1Cl. The first kappa shape index (κ1) is 16.2. The molecule has 2 unspecified atom stereocenters. The predicted octanol–water partition coefficient (Wildman–Crippen LogP) is 3.60. The highest BCUT2D eigenvalue weighted by molar-refractivity contribution is 6.30. The lowest BCUT2D eigenvalue weighted by molar-refractivity contribution is -0.141. The molecule has 0 saturated heterocycles. The lowest BCUT2D eigenvalue weighted by Crippen LogP contribution is -2.11. The summed E-state index contributed by atoms with van der Waals surface area (Å²) in [6, 6.07) is 1.96. The largest absolute Gasteiger partial charge is 0.433 e. The Morgan fingerprint density at radius 1 is 1.37 bits per heavy atom. The smallest absolute Gasteiger partial charge is 0.388 e. The van der Waals surface area contributed by atoms with Crippen LogP contribution in [0, 0.1) is 0 Å². The highest BCUT2D eigenvalue weighted by Gasteiger charge is 2.33. The van der Waals surface area contributed by atoms with Gasteiger partial charge in [-0.05, 0) is 25.8 Å². The van der Waals surface area contributed by atoms with Crippen LogP contribution >= 0.6 is 11.6 Å². The van der Waals surface area contributed by atoms with Gasteiger partial charge in [0.25, 0.3) is 0 Å². The van der Waals surface area contributed by atoms with E-state index < -0.39 is 18.0 Å². The van der Waals surface area contributed by atoms with Crippen LogP contribution in [0.3, 0.4) is 0 Å². The molecule has 0 saturated carbocycles. The van der Waals surface area contributed by atoms with Crippen LogP contribution in [-0.2, 0) is 10.9 Å². The molecule has 0 aliphatic heterocycles. The Bertz CT molecular complexity index is 426. The molecule has 19 heavy (non-hydrogen) atoms. The third kappa shape index (κ3) is 4.63. The number of nitrogens with zero attached hydrogens (tertiary/aromatic N) is 1. The average Bonchev–Trinajstić information content (AvgIpc) is 2.34. The summed E-state index contributed by atoms with van der Waals surface area (Å²) in [5.41, 5.74) is -0.878. The number of hydrogen-bond acceptors (Lipinski definition) is 3. The summed E-state index contributed by atoms with van der Waals surface area (Å²) in [4.78, 5) is 3.26. The van der Waals surface area contributed by atoms with Gasteiger partial charge in [0.15, 0.2) is 0 Å². The fourth-order valence-electron chi connectivity index (χ4n) is 1.52. The minimum atomic E-state index is -4.54. The van der Waals surface area contributed by atoms with Gasteiger partial charge in [-0.3, -0.25) is 0 Å². The van der Waals surface area contributed by atoms with Crippen molar-refractivity contribution in [1.82, 2.24) is 4.98 Å². The van der Waals surface area contributed by atoms with Gasteiger partial charge in [0.05, 0.1) is 12.2 Å². The first-order valence-electron chi connectivity index (χ1n) is 5.70. The van der Waals surface area contributed by atoms with Crippen molar-refractivity contribution in [2.75, 3.05) is 7.11 Å². The van der Waals surface area contributed by atoms with Crippen LogP contribution in [-0.4, -0.2) is 23.3 Å². The van der Waals surface area contributed by atoms with Gasteiger partial charge in [0.2, 0.25) is 0 Å². The molecule has 0 aliphatic rings. The molecule has 0 aromatic carbocycles. The molecule has 1 aromatic heterocycles. The van der Waals surface area contributed by atoms with E-state index in [0.717, 1.165) is 12.1 Å². The number of ether oxygens (including phenoxy) is 1. The molecular formula is C12H15ClF3NO2. The zero-order valence-corrected chi connectivity index (χ0v) is 11.3. The molecule has 3 nitrogen and oxygen atoms in total. The van der Waals surface area contributed by atoms with Crippen LogP contribution in [0.2, 0.25) is 5.15 Å². The van der Waals surface area contributed by atoms with E-state index in [-0.39, 0.29) is 16.8 Å². The minimum Gasteiger partial charge on any atom is -0.388 e. The van der Waals surface area contributed by atoms with Gasteiger partial charge in [0.1, 0.15) is 10.8 Å². The van der Waals surface area contributed by atoms with Gasteiger partial charge in [0, 0.05) is 12.7 Å². The number of halogens is 4. The number of aliphatic hydroxyl groups excluding tert-OH is 1. The van der Waals surface area contributed by atoms with Gasteiger partial charge >= 0.3 is 6.18 Å². The zero-order valence-electron chi connectivity index (χ0n) is 10.5. The maximum atomic E-state index is 12.4. The van der Waals surface area contributed by atoms with Crippen molar-refractivity contribution in [3.05, 3.63) is 28.5 Å². The number of aliphatic hydroxyl groups is 1. The second-order valence-corrected chi connectivity index (χ2v) is 4.57. The maximum absolute atomic E-state index is 12.4. The molecule has 0 spiro atoms. The van der Waals surface area contributed by atoms with Crippen molar-refractivity contribution >= 4 is 11.6 Å². The van der Waals surface area contributed by atoms with E-state index in [1.165, 1.54) is 0 Å². The molecule has 1 aromatic rings. The number of pyridine rings is 1. The van der Waals surface area contributed by atoms with Crippen LogP contribution in [0.5, 0.6) is 0 Å². The molecule has 108 valence electrons. The van der Waals surface area contributed by atoms with Gasteiger partial charge in [-0.25, -0.2) is 4.98 Å². The van der Waals surface area contributed by atoms with Crippen molar-refractivity contribution in [3.63, 3.8) is 0 Å². The van der Waals surface area contributed by atoms with Gasteiger partial charge in [-0.2, -0.15) is 13.2 Å². The molecule has 1 N–H and O–H groups in total. The highest BCUT2D eigenvalue weighted by Crippen LogP contribution is 2.32. The molecule has 0 aliphatic carbocycles. The quantitative estimate of drug-likeness (QED) is 0.844. The number of aromatic nitrogens is 1. The van der Waals surface area contributed by atoms with Crippen LogP contribution < -0.4 is 0 Å². The topological polar surface area (TPSA) is 42.4 Å². The standard InChI is InChI=1S/C12H15ClF3NO2/c1-7(19-2)3-5-9(18)8-4-6-10(12(14,15)16)17-11(8)13/h4,6-7,9,18H,3,5H2,1-2H3. The molecular weight excluding hydrogens is 283 g/mol. The van der Waals surface area contributed by atoms with Crippen molar-refractivity contribution in [2.24, 2.45) is 0 Å². The molecule has 1 rings (SSSR count). The predicted molar refractivity (Wildman–Crippen MR) is 64.9 cm³/mol. The van der Waals surface area contributed by atoms with E-state index in [0.29, 0.717) is 12.8 Å². The summed E-state index contributed by atoms with van der Waals surface area (Å²) in [6.07, 6.45) is -4.65. The summed E-state index contributed by atoms with van der Waals surface area (Å²) in [5, 5.41) is 9.55. The van der Waals surface area contributed by atoms with Crippen LogP contribution in [0.1, 0.15) is 37.1 Å². The third-order valence-corrected chi connectivity index (χ3v) is 3.08. The van der Waals surface area contributed by atoms with Gasteiger partial charge in [-0.1, -0.05) is 17.7 Å². The monoisotopic (exact) mass is 297 g/mol. The fourth-order valence-corrected chi connectivity index (χ4v) is 1.80. The Balaban J connectivity index is 2.79. The number of alkyl halides is 3. The highest BCUT2D eigenvalue weighted by atomic mass is 35.5. The zero-order chi connectivity index (χ0) is 14.6. The maximum Gasteiger partial charge on any atom is 0.433 e. The third-order valence-electron chi connectivity index (χ3n) is 2.78. The molecule has 0 radical (unpaired) electrons. The molecule has 0 amide bonds. The van der Waals surface area contributed by atoms with Crippen molar-refractivity contribution < 1.29 is 23.0 Å². The van der Waals surface area contributed by atoms with Crippen LogP contribution in [0.15, 0.2) is 12.1 Å². The van der Waals surface area contributed by atoms with E-state index in [1.54, 1.807) is 7.11 Å². The summed E-state index contributed by atoms with van der Waals surface area (Å²) in [7, 11) is 1.55. The van der Waals surface area contributed by atoms with Gasteiger partial charge < -0.3 is 9.84 Å². The molecule has 7 heteroatoms. The second-order valence-electron chi connectivity index (χ2n) is 4.21. The van der Waals surface area contributed by atoms with Gasteiger partial charge in [-0.15, -0.1) is 0 Å². The number of rotatable bonds is 5. The number of methoxy groups -OCH3 is 1. The summed E-state index contributed by atoms with van der Waals surface area (Å²) < 4.78 is 42.2. The first-order chi connectivity index (χ1) is 8.75. The Morgan fingerprint density at radius 2 is 2.00 bits per heavy atom. The lowest BCUT2D eigenvalue weighted by Gasteiger charge is -2.16. The molecule has 0 fully saturated rings. The van der Waals surface area contributed by atoms with Crippen LogP contribution in [0.4, 0.5) is 13.2 Å². The van der Waals surface area contributed by atoms with E-state index in [1.807, 2.05) is 6.92 Å². The fraction of sp³-hybridized carbons (Fsp3) is 0.583. The lowest BCUT2D eigenvalue weighted by atomic mass is 10.0.